The molecule has 0 rings (SSSR count). The highest BCUT2D eigenvalue weighted by Crippen LogP contribution is 2.43. The highest BCUT2D eigenvalue weighted by Gasteiger charge is 2.28. The maximum absolute atomic E-state index is 12.4. The molecule has 0 aromatic carbocycles. The smallest absolute Gasteiger partial charge is 0.472 e. The van der Waals surface area contributed by atoms with E-state index in [1.54, 1.807) is 0 Å². The standard InChI is InChI=1S/C52H100NO10P/c1-3-5-7-9-11-13-15-17-19-21-23-24-25-26-28-30-32-34-36-38-40-42-44-51(56)61-45-48(54)46-62-64(59,60)63-47-49(52(57)58)53-50(55)43-41-39-37-35-33-31-29-27-22-20-18-16-14-12-10-8-6-4-2/h20,22,48-49,54H,3-19,21,23-47H2,1-2H3,(H,53,55)(H,57,58)(H,59,60)/b22-20-. The number of carboxylic acid groups (broad SMARTS) is 1. The fraction of sp³-hybridized carbons (Fsp3) is 0.904. The second-order valence-corrected chi connectivity index (χ2v) is 19.9. The zero-order chi connectivity index (χ0) is 47.0. The van der Waals surface area contributed by atoms with Gasteiger partial charge in [0.25, 0.3) is 0 Å². The number of aliphatic carboxylic acids is 1. The number of rotatable bonds is 51. The predicted octanol–water partition coefficient (Wildman–Crippen LogP) is 14.8. The van der Waals surface area contributed by atoms with Crippen molar-refractivity contribution in [3.63, 3.8) is 0 Å². The lowest BCUT2D eigenvalue weighted by Crippen LogP contribution is -2.43. The molecule has 0 aromatic rings. The molecule has 0 fully saturated rings. The van der Waals surface area contributed by atoms with Crippen LogP contribution in [0.4, 0.5) is 0 Å². The van der Waals surface area contributed by atoms with Crippen molar-refractivity contribution in [2.45, 2.75) is 283 Å². The van der Waals surface area contributed by atoms with Crippen LogP contribution in [0.3, 0.4) is 0 Å². The molecule has 12 heteroatoms. The number of hydrogen-bond acceptors (Lipinski definition) is 8. The summed E-state index contributed by atoms with van der Waals surface area (Å²) in [5, 5.41) is 21.9. The van der Waals surface area contributed by atoms with Crippen LogP contribution in [0.1, 0.15) is 271 Å². The first-order valence-corrected chi connectivity index (χ1v) is 28.2. The molecular formula is C52H100NO10P. The van der Waals surface area contributed by atoms with Gasteiger partial charge in [0.05, 0.1) is 13.2 Å². The monoisotopic (exact) mass is 930 g/mol. The van der Waals surface area contributed by atoms with Crippen LogP contribution in [-0.4, -0.2) is 64.9 Å². The average Bonchev–Trinajstić information content (AvgIpc) is 3.27. The van der Waals surface area contributed by atoms with Gasteiger partial charge in [-0.2, -0.15) is 0 Å². The minimum Gasteiger partial charge on any atom is -0.480 e. The summed E-state index contributed by atoms with van der Waals surface area (Å²) in [4.78, 5) is 46.1. The van der Waals surface area contributed by atoms with Gasteiger partial charge in [-0.05, 0) is 38.5 Å². The predicted molar refractivity (Wildman–Crippen MR) is 263 cm³/mol. The topological polar surface area (TPSA) is 169 Å². The summed E-state index contributed by atoms with van der Waals surface area (Å²) in [6, 6.07) is -1.55. The molecule has 1 amide bonds. The van der Waals surface area contributed by atoms with Gasteiger partial charge in [0.15, 0.2) is 6.04 Å². The van der Waals surface area contributed by atoms with Crippen LogP contribution in [0.15, 0.2) is 12.2 Å². The summed E-state index contributed by atoms with van der Waals surface area (Å²) in [6.07, 6.45) is 50.9. The summed E-state index contributed by atoms with van der Waals surface area (Å²) < 4.78 is 27.0. The molecule has 64 heavy (non-hydrogen) atoms. The van der Waals surface area contributed by atoms with Crippen LogP contribution < -0.4 is 5.32 Å². The molecule has 0 saturated heterocycles. The number of aliphatic hydroxyl groups is 1. The number of esters is 1. The Balaban J connectivity index is 3.77. The molecule has 4 N–H and O–H groups in total. The van der Waals surface area contributed by atoms with Gasteiger partial charge >= 0.3 is 19.8 Å². The first-order valence-electron chi connectivity index (χ1n) is 26.7. The number of amides is 1. The number of ether oxygens (including phenoxy) is 1. The van der Waals surface area contributed by atoms with E-state index in [9.17, 15) is 34.1 Å². The summed E-state index contributed by atoms with van der Waals surface area (Å²) in [6.45, 7) is 2.65. The van der Waals surface area contributed by atoms with Crippen LogP contribution in [0.2, 0.25) is 0 Å². The lowest BCUT2D eigenvalue weighted by Gasteiger charge is -2.18. The molecule has 3 atom stereocenters. The number of unbranched alkanes of at least 4 members (excludes halogenated alkanes) is 35. The molecule has 0 aliphatic rings. The van der Waals surface area contributed by atoms with Crippen molar-refractivity contribution in [1.82, 2.24) is 5.32 Å². The Hall–Kier alpha value is -1.78. The SMILES string of the molecule is CCCCCCCCC/C=C\CCCCCCCCCC(=O)NC(COP(=O)(O)OCC(O)COC(=O)CCCCCCCCCCCCCCCCCCCCCCCC)C(=O)O. The molecule has 0 aromatic heterocycles. The Morgan fingerprint density at radius 1 is 0.484 bits per heavy atom. The second kappa shape index (κ2) is 47.7. The quantitative estimate of drug-likeness (QED) is 0.0199. The van der Waals surface area contributed by atoms with Gasteiger partial charge in [0.2, 0.25) is 5.91 Å². The minimum atomic E-state index is -4.76. The molecule has 11 nitrogen and oxygen atoms in total. The third-order valence-electron chi connectivity index (χ3n) is 12.1. The fourth-order valence-corrected chi connectivity index (χ4v) is 8.67. The van der Waals surface area contributed by atoms with Crippen LogP contribution in [0.25, 0.3) is 0 Å². The molecule has 0 radical (unpaired) electrons. The molecular weight excluding hydrogens is 830 g/mol. The molecule has 0 heterocycles. The van der Waals surface area contributed by atoms with E-state index < -0.39 is 57.6 Å². The Kier molecular flexibility index (Phi) is 46.4. The number of carbonyl (C=O) groups is 3. The van der Waals surface area contributed by atoms with E-state index in [1.807, 2.05) is 0 Å². The van der Waals surface area contributed by atoms with Gasteiger partial charge in [-0.15, -0.1) is 0 Å². The Morgan fingerprint density at radius 2 is 0.812 bits per heavy atom. The number of carboxylic acids is 1. The summed E-state index contributed by atoms with van der Waals surface area (Å²) >= 11 is 0. The van der Waals surface area contributed by atoms with Gasteiger partial charge in [-0.3, -0.25) is 18.6 Å². The van der Waals surface area contributed by atoms with Crippen LogP contribution in [0.5, 0.6) is 0 Å². The van der Waals surface area contributed by atoms with E-state index in [0.717, 1.165) is 51.4 Å². The van der Waals surface area contributed by atoms with Crippen LogP contribution in [-0.2, 0) is 32.7 Å². The molecule has 0 aliphatic carbocycles. The van der Waals surface area contributed by atoms with E-state index in [1.165, 1.54) is 180 Å². The van der Waals surface area contributed by atoms with Gasteiger partial charge in [0, 0.05) is 12.8 Å². The molecule has 0 aliphatic heterocycles. The summed E-state index contributed by atoms with van der Waals surface area (Å²) in [7, 11) is -4.76. The number of phosphoric acid groups is 1. The Labute approximate surface area is 392 Å². The van der Waals surface area contributed by atoms with Crippen LogP contribution in [0, 0.1) is 0 Å². The zero-order valence-electron chi connectivity index (χ0n) is 41.4. The zero-order valence-corrected chi connectivity index (χ0v) is 42.3. The highest BCUT2D eigenvalue weighted by atomic mass is 31.2. The van der Waals surface area contributed by atoms with Crippen molar-refractivity contribution in [3.8, 4) is 0 Å². The van der Waals surface area contributed by atoms with Crippen molar-refractivity contribution in [1.29, 1.82) is 0 Å². The van der Waals surface area contributed by atoms with Gasteiger partial charge < -0.3 is 25.2 Å². The second-order valence-electron chi connectivity index (χ2n) is 18.4. The van der Waals surface area contributed by atoms with Crippen LogP contribution >= 0.6 is 7.82 Å². The molecule has 0 saturated carbocycles. The third kappa shape index (κ3) is 46.7. The normalized spacial score (nSPS) is 13.6. The molecule has 3 unspecified atom stereocenters. The largest absolute Gasteiger partial charge is 0.480 e. The fourth-order valence-electron chi connectivity index (χ4n) is 7.90. The maximum atomic E-state index is 12.4. The number of allylic oxidation sites excluding steroid dienone is 2. The van der Waals surface area contributed by atoms with Gasteiger partial charge in [-0.25, -0.2) is 9.36 Å². The Bertz CT molecular complexity index is 1140. The number of carbonyl (C=O) groups excluding carboxylic acids is 2. The van der Waals surface area contributed by atoms with Crippen molar-refractivity contribution >= 4 is 25.7 Å². The first-order chi connectivity index (χ1) is 31.1. The van der Waals surface area contributed by atoms with Crippen molar-refractivity contribution in [3.05, 3.63) is 12.2 Å². The van der Waals surface area contributed by atoms with E-state index in [0.29, 0.717) is 12.8 Å². The number of phosphoric ester groups is 1. The molecule has 0 spiro atoms. The van der Waals surface area contributed by atoms with Gasteiger partial charge in [-0.1, -0.05) is 231 Å². The average molecular weight is 930 g/mol. The Morgan fingerprint density at radius 3 is 1.19 bits per heavy atom. The highest BCUT2D eigenvalue weighted by molar-refractivity contribution is 7.47. The number of nitrogens with one attached hydrogen (secondary N) is 1. The van der Waals surface area contributed by atoms with Crippen molar-refractivity contribution < 1.29 is 47.8 Å². The third-order valence-corrected chi connectivity index (χ3v) is 13.0. The van der Waals surface area contributed by atoms with E-state index in [4.69, 9.17) is 13.8 Å². The lowest BCUT2D eigenvalue weighted by atomic mass is 10.0. The molecule has 378 valence electrons. The minimum absolute atomic E-state index is 0.144. The van der Waals surface area contributed by atoms with Gasteiger partial charge in [0.1, 0.15) is 12.7 Å². The van der Waals surface area contributed by atoms with E-state index in [2.05, 4.69) is 31.3 Å². The van der Waals surface area contributed by atoms with E-state index in [-0.39, 0.29) is 12.8 Å². The number of aliphatic hydroxyl groups excluding tert-OH is 1. The first kappa shape index (κ1) is 62.2. The molecule has 0 bridgehead atoms. The summed E-state index contributed by atoms with van der Waals surface area (Å²) in [5.41, 5.74) is 0. The van der Waals surface area contributed by atoms with Crippen molar-refractivity contribution in [2.75, 3.05) is 19.8 Å². The number of hydrogen-bond donors (Lipinski definition) is 4. The maximum Gasteiger partial charge on any atom is 0.472 e. The lowest BCUT2D eigenvalue weighted by molar-refractivity contribution is -0.147. The summed E-state index contributed by atoms with van der Waals surface area (Å²) in [5.74, 6) is -2.36. The van der Waals surface area contributed by atoms with E-state index >= 15 is 0 Å². The van der Waals surface area contributed by atoms with Crippen molar-refractivity contribution in [2.24, 2.45) is 0 Å².